The van der Waals surface area contributed by atoms with Gasteiger partial charge in [-0.05, 0) is 6.42 Å². The van der Waals surface area contributed by atoms with Crippen LogP contribution < -0.4 is 0 Å². The highest BCUT2D eigenvalue weighted by atomic mass is 16.5. The third-order valence-electron chi connectivity index (χ3n) is 1.36. The summed E-state index contributed by atoms with van der Waals surface area (Å²) in [6.45, 7) is 3.89. The van der Waals surface area contributed by atoms with Crippen molar-refractivity contribution in [3.05, 3.63) is 0 Å². The van der Waals surface area contributed by atoms with E-state index in [1.54, 1.807) is 13.8 Å². The molecule has 11 heavy (non-hydrogen) atoms. The van der Waals surface area contributed by atoms with Crippen LogP contribution in [0, 0.1) is 5.92 Å². The van der Waals surface area contributed by atoms with Crippen molar-refractivity contribution in [1.29, 1.82) is 0 Å². The van der Waals surface area contributed by atoms with Gasteiger partial charge in [0.05, 0.1) is 6.61 Å². The number of rotatable bonds is 5. The molecule has 0 saturated carbocycles. The molecule has 0 radical (unpaired) electrons. The lowest BCUT2D eigenvalue weighted by Crippen LogP contribution is -2.07. The zero-order valence-corrected chi connectivity index (χ0v) is 7.00. The van der Waals surface area contributed by atoms with Crippen molar-refractivity contribution in [2.75, 3.05) is 6.61 Å². The standard InChI is InChI=1S/C8H14O3/c1-3-8(10)11-5-4-7(2)6-9/h6-7H,3-5H2,1-2H3. The highest BCUT2D eigenvalue weighted by Crippen LogP contribution is 1.97. The second-order valence-electron chi connectivity index (χ2n) is 2.48. The van der Waals surface area contributed by atoms with Gasteiger partial charge in [-0.25, -0.2) is 0 Å². The average Bonchev–Trinajstić information content (AvgIpc) is 2.04. The quantitative estimate of drug-likeness (QED) is 0.445. The zero-order valence-electron chi connectivity index (χ0n) is 7.00. The van der Waals surface area contributed by atoms with E-state index in [4.69, 9.17) is 4.74 Å². The SMILES string of the molecule is CCC(=O)OCCC(C)C=O. The van der Waals surface area contributed by atoms with E-state index < -0.39 is 0 Å². The molecule has 0 fully saturated rings. The molecule has 0 aromatic carbocycles. The van der Waals surface area contributed by atoms with Gasteiger partial charge in [0.25, 0.3) is 0 Å². The molecule has 0 spiro atoms. The molecule has 0 aromatic heterocycles. The van der Waals surface area contributed by atoms with Crippen LogP contribution in [-0.2, 0) is 14.3 Å². The minimum Gasteiger partial charge on any atom is -0.466 e. The van der Waals surface area contributed by atoms with E-state index in [0.717, 1.165) is 6.29 Å². The molecule has 3 heteroatoms. The fourth-order valence-corrected chi connectivity index (χ4v) is 0.529. The summed E-state index contributed by atoms with van der Waals surface area (Å²) in [5, 5.41) is 0. The van der Waals surface area contributed by atoms with E-state index in [1.165, 1.54) is 0 Å². The number of carbonyl (C=O) groups is 2. The Labute approximate surface area is 66.7 Å². The molecule has 0 saturated heterocycles. The Morgan fingerprint density at radius 3 is 2.73 bits per heavy atom. The van der Waals surface area contributed by atoms with E-state index in [-0.39, 0.29) is 11.9 Å². The molecule has 0 amide bonds. The van der Waals surface area contributed by atoms with Gasteiger partial charge in [-0.3, -0.25) is 4.79 Å². The third kappa shape index (κ3) is 5.58. The molecular formula is C8H14O3. The predicted molar refractivity (Wildman–Crippen MR) is 41.1 cm³/mol. The first-order chi connectivity index (χ1) is 5.20. The number of hydrogen-bond acceptors (Lipinski definition) is 3. The number of esters is 1. The summed E-state index contributed by atoms with van der Waals surface area (Å²) in [5.74, 6) is -0.220. The van der Waals surface area contributed by atoms with Crippen LogP contribution >= 0.6 is 0 Å². The van der Waals surface area contributed by atoms with E-state index in [2.05, 4.69) is 0 Å². The molecule has 0 aliphatic heterocycles. The topological polar surface area (TPSA) is 43.4 Å². The third-order valence-corrected chi connectivity index (χ3v) is 1.36. The Kier molecular flexibility index (Phi) is 5.43. The molecule has 0 bridgehead atoms. The van der Waals surface area contributed by atoms with Crippen LogP contribution in [0.2, 0.25) is 0 Å². The molecule has 1 atom stereocenters. The van der Waals surface area contributed by atoms with Crippen LogP contribution in [0.3, 0.4) is 0 Å². The summed E-state index contributed by atoms with van der Waals surface area (Å²) in [6, 6.07) is 0. The van der Waals surface area contributed by atoms with Crippen molar-refractivity contribution in [3.63, 3.8) is 0 Å². The van der Waals surface area contributed by atoms with Gasteiger partial charge in [0.1, 0.15) is 6.29 Å². The molecule has 64 valence electrons. The second kappa shape index (κ2) is 5.89. The van der Waals surface area contributed by atoms with Gasteiger partial charge in [0.15, 0.2) is 0 Å². The number of ether oxygens (including phenoxy) is 1. The molecular weight excluding hydrogens is 144 g/mol. The molecule has 0 rings (SSSR count). The Hall–Kier alpha value is -0.860. The summed E-state index contributed by atoms with van der Waals surface area (Å²) in [7, 11) is 0. The summed E-state index contributed by atoms with van der Waals surface area (Å²) in [6.07, 6.45) is 1.88. The normalized spacial score (nSPS) is 12.2. The van der Waals surface area contributed by atoms with Gasteiger partial charge in [-0.1, -0.05) is 13.8 Å². The summed E-state index contributed by atoms with van der Waals surface area (Å²) in [5.41, 5.74) is 0. The molecule has 3 nitrogen and oxygen atoms in total. The average molecular weight is 158 g/mol. The van der Waals surface area contributed by atoms with Crippen LogP contribution in [0.5, 0.6) is 0 Å². The van der Waals surface area contributed by atoms with Crippen molar-refractivity contribution in [3.8, 4) is 0 Å². The van der Waals surface area contributed by atoms with Crippen molar-refractivity contribution in [2.24, 2.45) is 5.92 Å². The van der Waals surface area contributed by atoms with Crippen LogP contribution in [0.25, 0.3) is 0 Å². The van der Waals surface area contributed by atoms with Crippen LogP contribution in [-0.4, -0.2) is 18.9 Å². The first kappa shape index (κ1) is 10.1. The number of aldehydes is 1. The molecule has 0 aliphatic rings. The summed E-state index contributed by atoms with van der Waals surface area (Å²) >= 11 is 0. The van der Waals surface area contributed by atoms with Gasteiger partial charge in [-0.15, -0.1) is 0 Å². The maximum atomic E-state index is 10.6. The second-order valence-corrected chi connectivity index (χ2v) is 2.48. The molecule has 0 aliphatic carbocycles. The monoisotopic (exact) mass is 158 g/mol. The largest absolute Gasteiger partial charge is 0.466 e. The van der Waals surface area contributed by atoms with E-state index in [0.29, 0.717) is 19.4 Å². The lowest BCUT2D eigenvalue weighted by Gasteiger charge is -2.03. The fourth-order valence-electron chi connectivity index (χ4n) is 0.529. The first-order valence-corrected chi connectivity index (χ1v) is 3.81. The van der Waals surface area contributed by atoms with Gasteiger partial charge in [-0.2, -0.15) is 0 Å². The van der Waals surface area contributed by atoms with Crippen molar-refractivity contribution in [2.45, 2.75) is 26.7 Å². The first-order valence-electron chi connectivity index (χ1n) is 3.81. The minimum atomic E-state index is -0.205. The van der Waals surface area contributed by atoms with Crippen LogP contribution in [0.1, 0.15) is 26.7 Å². The van der Waals surface area contributed by atoms with Crippen molar-refractivity contribution >= 4 is 12.3 Å². The predicted octanol–water partition coefficient (Wildman–Crippen LogP) is 1.16. The molecule has 1 unspecified atom stereocenters. The summed E-state index contributed by atoms with van der Waals surface area (Å²) < 4.78 is 4.77. The number of carbonyl (C=O) groups excluding carboxylic acids is 2. The van der Waals surface area contributed by atoms with Gasteiger partial charge < -0.3 is 9.53 Å². The lowest BCUT2D eigenvalue weighted by atomic mass is 10.1. The minimum absolute atomic E-state index is 0.0142. The van der Waals surface area contributed by atoms with Crippen LogP contribution in [0.4, 0.5) is 0 Å². The maximum absolute atomic E-state index is 10.6. The zero-order chi connectivity index (χ0) is 8.69. The molecule has 0 heterocycles. The Morgan fingerprint density at radius 2 is 2.27 bits per heavy atom. The Morgan fingerprint density at radius 1 is 1.64 bits per heavy atom. The fraction of sp³-hybridized carbons (Fsp3) is 0.750. The highest BCUT2D eigenvalue weighted by Gasteiger charge is 2.01. The Balaban J connectivity index is 3.26. The molecule has 0 aromatic rings. The smallest absolute Gasteiger partial charge is 0.305 e. The molecule has 0 N–H and O–H groups in total. The van der Waals surface area contributed by atoms with Crippen LogP contribution in [0.15, 0.2) is 0 Å². The lowest BCUT2D eigenvalue weighted by molar-refractivity contribution is -0.143. The van der Waals surface area contributed by atoms with E-state index >= 15 is 0 Å². The van der Waals surface area contributed by atoms with E-state index in [1.807, 2.05) is 0 Å². The van der Waals surface area contributed by atoms with Crippen molar-refractivity contribution in [1.82, 2.24) is 0 Å². The number of hydrogen-bond donors (Lipinski definition) is 0. The maximum Gasteiger partial charge on any atom is 0.305 e. The highest BCUT2D eigenvalue weighted by molar-refractivity contribution is 5.68. The Bertz CT molecular complexity index is 131. The summed E-state index contributed by atoms with van der Waals surface area (Å²) in [4.78, 5) is 20.7. The van der Waals surface area contributed by atoms with E-state index in [9.17, 15) is 9.59 Å². The van der Waals surface area contributed by atoms with Crippen molar-refractivity contribution < 1.29 is 14.3 Å². The van der Waals surface area contributed by atoms with Gasteiger partial charge in [0, 0.05) is 12.3 Å². The van der Waals surface area contributed by atoms with Gasteiger partial charge >= 0.3 is 5.97 Å². The van der Waals surface area contributed by atoms with Gasteiger partial charge in [0.2, 0.25) is 0 Å².